The van der Waals surface area contributed by atoms with Crippen LogP contribution in [-0.2, 0) is 9.47 Å². The summed E-state index contributed by atoms with van der Waals surface area (Å²) in [7, 11) is 1.64. The summed E-state index contributed by atoms with van der Waals surface area (Å²) in [5.74, 6) is -0.0430. The lowest BCUT2D eigenvalue weighted by Gasteiger charge is -2.42. The van der Waals surface area contributed by atoms with Gasteiger partial charge in [-0.3, -0.25) is 4.79 Å². The molecular weight excluding hydrogens is 308 g/mol. The number of para-hydroxylation sites is 1. The number of morpholine rings is 1. The van der Waals surface area contributed by atoms with Gasteiger partial charge in [0, 0.05) is 20.2 Å². The van der Waals surface area contributed by atoms with Crippen LogP contribution in [0.2, 0.25) is 0 Å². The van der Waals surface area contributed by atoms with Crippen LogP contribution in [0.1, 0.15) is 24.2 Å². The summed E-state index contributed by atoms with van der Waals surface area (Å²) in [5.41, 5.74) is 0.892. The molecule has 1 aromatic heterocycles. The Morgan fingerprint density at radius 3 is 2.92 bits per heavy atom. The molecule has 1 aliphatic heterocycles. The molecule has 128 valence electrons. The minimum absolute atomic E-state index is 0.0430. The molecule has 3 rings (SSSR count). The Morgan fingerprint density at radius 2 is 2.21 bits per heavy atom. The van der Waals surface area contributed by atoms with Crippen molar-refractivity contribution < 1.29 is 14.3 Å². The maximum absolute atomic E-state index is 13.1. The Hall–Kier alpha value is -2.25. The number of aromatic nitrogens is 3. The van der Waals surface area contributed by atoms with E-state index in [1.807, 2.05) is 43.0 Å². The van der Waals surface area contributed by atoms with Crippen LogP contribution >= 0.6 is 0 Å². The molecule has 24 heavy (non-hydrogen) atoms. The smallest absolute Gasteiger partial charge is 0.256 e. The molecule has 0 radical (unpaired) electrons. The average molecular weight is 330 g/mol. The fourth-order valence-corrected chi connectivity index (χ4v) is 3.08. The van der Waals surface area contributed by atoms with E-state index in [0.29, 0.717) is 30.9 Å². The maximum atomic E-state index is 13.1. The Labute approximate surface area is 141 Å². The summed E-state index contributed by atoms with van der Waals surface area (Å²) in [5, 5.41) is 7.82. The highest BCUT2D eigenvalue weighted by Crippen LogP contribution is 2.24. The summed E-state index contributed by atoms with van der Waals surface area (Å²) in [6.45, 7) is 5.45. The van der Waals surface area contributed by atoms with E-state index in [9.17, 15) is 4.79 Å². The number of benzene rings is 1. The molecule has 0 spiro atoms. The van der Waals surface area contributed by atoms with Gasteiger partial charge in [-0.25, -0.2) is 4.68 Å². The topological polar surface area (TPSA) is 69.5 Å². The number of hydrogen-bond acceptors (Lipinski definition) is 5. The van der Waals surface area contributed by atoms with Crippen LogP contribution in [0, 0.1) is 0 Å². The molecule has 0 unspecified atom stereocenters. The van der Waals surface area contributed by atoms with Crippen molar-refractivity contribution in [1.29, 1.82) is 0 Å². The van der Waals surface area contributed by atoms with Gasteiger partial charge in [0.1, 0.15) is 0 Å². The van der Waals surface area contributed by atoms with E-state index in [1.54, 1.807) is 24.2 Å². The fraction of sp³-hybridized carbons (Fsp3) is 0.471. The Balaban J connectivity index is 1.89. The highest BCUT2D eigenvalue weighted by molar-refractivity contribution is 5.97. The van der Waals surface area contributed by atoms with Crippen LogP contribution in [0.25, 0.3) is 5.69 Å². The Morgan fingerprint density at radius 1 is 1.42 bits per heavy atom. The number of ether oxygens (including phenoxy) is 2. The standard InChI is InChI=1S/C17H22N4O3/c1-17(2)12-20(10-13(24-17)11-23-3)16(22)14-6-4-5-7-15(14)21-9-8-18-19-21/h4-9,13H,10-12H2,1-3H3/t13-/m0/s1. The molecule has 1 aromatic carbocycles. The van der Waals surface area contributed by atoms with Gasteiger partial charge >= 0.3 is 0 Å². The first-order valence-electron chi connectivity index (χ1n) is 7.92. The predicted octanol–water partition coefficient (Wildman–Crippen LogP) is 1.53. The number of hydrogen-bond donors (Lipinski definition) is 0. The van der Waals surface area contributed by atoms with E-state index < -0.39 is 5.60 Å². The van der Waals surface area contributed by atoms with Gasteiger partial charge in [0.2, 0.25) is 0 Å². The van der Waals surface area contributed by atoms with Gasteiger partial charge in [0.15, 0.2) is 0 Å². The van der Waals surface area contributed by atoms with Crippen molar-refractivity contribution in [2.45, 2.75) is 25.6 Å². The van der Waals surface area contributed by atoms with Gasteiger partial charge in [-0.15, -0.1) is 5.10 Å². The summed E-state index contributed by atoms with van der Waals surface area (Å²) in [6.07, 6.45) is 3.18. The molecule has 1 saturated heterocycles. The maximum Gasteiger partial charge on any atom is 0.256 e. The molecule has 2 aromatic rings. The molecule has 1 amide bonds. The summed E-state index contributed by atoms with van der Waals surface area (Å²) >= 11 is 0. The monoisotopic (exact) mass is 330 g/mol. The second-order valence-electron chi connectivity index (χ2n) is 6.51. The molecule has 1 aliphatic rings. The third kappa shape index (κ3) is 3.47. The molecule has 1 fully saturated rings. The first kappa shape index (κ1) is 16.6. The Kier molecular flexibility index (Phi) is 4.64. The largest absolute Gasteiger partial charge is 0.382 e. The van der Waals surface area contributed by atoms with Crippen LogP contribution in [0.4, 0.5) is 0 Å². The van der Waals surface area contributed by atoms with E-state index in [4.69, 9.17) is 9.47 Å². The average Bonchev–Trinajstić information content (AvgIpc) is 3.07. The predicted molar refractivity (Wildman–Crippen MR) is 88.1 cm³/mol. The zero-order valence-corrected chi connectivity index (χ0v) is 14.2. The van der Waals surface area contributed by atoms with Gasteiger partial charge in [0.05, 0.1) is 42.0 Å². The van der Waals surface area contributed by atoms with E-state index >= 15 is 0 Å². The highest BCUT2D eigenvalue weighted by atomic mass is 16.5. The lowest BCUT2D eigenvalue weighted by atomic mass is 10.0. The van der Waals surface area contributed by atoms with Crippen molar-refractivity contribution in [3.63, 3.8) is 0 Å². The van der Waals surface area contributed by atoms with Crippen LogP contribution in [-0.4, -0.2) is 64.3 Å². The van der Waals surface area contributed by atoms with Crippen LogP contribution in [0.5, 0.6) is 0 Å². The normalized spacial score (nSPS) is 20.1. The third-order valence-electron chi connectivity index (χ3n) is 3.92. The molecule has 0 bridgehead atoms. The number of amides is 1. The molecule has 0 N–H and O–H groups in total. The lowest BCUT2D eigenvalue weighted by molar-refractivity contribution is -0.143. The number of rotatable bonds is 4. The van der Waals surface area contributed by atoms with Gasteiger partial charge < -0.3 is 14.4 Å². The van der Waals surface area contributed by atoms with Crippen molar-refractivity contribution in [2.24, 2.45) is 0 Å². The van der Waals surface area contributed by atoms with E-state index in [0.717, 1.165) is 0 Å². The lowest BCUT2D eigenvalue weighted by Crippen LogP contribution is -2.55. The molecule has 7 nitrogen and oxygen atoms in total. The quantitative estimate of drug-likeness (QED) is 0.850. The molecular formula is C17H22N4O3. The Bertz CT molecular complexity index is 700. The minimum atomic E-state index is -0.417. The second-order valence-corrected chi connectivity index (χ2v) is 6.51. The van der Waals surface area contributed by atoms with Crippen molar-refractivity contribution in [2.75, 3.05) is 26.8 Å². The van der Waals surface area contributed by atoms with Crippen molar-refractivity contribution in [3.05, 3.63) is 42.2 Å². The number of carbonyl (C=O) groups is 1. The third-order valence-corrected chi connectivity index (χ3v) is 3.92. The van der Waals surface area contributed by atoms with Crippen LogP contribution in [0.3, 0.4) is 0 Å². The van der Waals surface area contributed by atoms with E-state index in [1.165, 1.54) is 0 Å². The zero-order chi connectivity index (χ0) is 17.2. The van der Waals surface area contributed by atoms with Crippen molar-refractivity contribution in [3.8, 4) is 5.69 Å². The summed E-state index contributed by atoms with van der Waals surface area (Å²) in [6, 6.07) is 7.41. The summed E-state index contributed by atoms with van der Waals surface area (Å²) < 4.78 is 12.8. The van der Waals surface area contributed by atoms with Gasteiger partial charge in [0.25, 0.3) is 5.91 Å². The molecule has 1 atom stereocenters. The van der Waals surface area contributed by atoms with Crippen molar-refractivity contribution in [1.82, 2.24) is 19.9 Å². The first-order chi connectivity index (χ1) is 11.5. The second kappa shape index (κ2) is 6.70. The van der Waals surface area contributed by atoms with E-state index in [2.05, 4.69) is 10.3 Å². The van der Waals surface area contributed by atoms with E-state index in [-0.39, 0.29) is 12.0 Å². The SMILES string of the molecule is COC[C@@H]1CN(C(=O)c2ccccc2-n2ccnn2)CC(C)(C)O1. The van der Waals surface area contributed by atoms with Gasteiger partial charge in [-0.05, 0) is 26.0 Å². The number of carbonyl (C=O) groups excluding carboxylic acids is 1. The zero-order valence-electron chi connectivity index (χ0n) is 14.2. The van der Waals surface area contributed by atoms with Crippen LogP contribution < -0.4 is 0 Å². The molecule has 7 heteroatoms. The van der Waals surface area contributed by atoms with Gasteiger partial charge in [-0.1, -0.05) is 17.3 Å². The molecule has 0 saturated carbocycles. The molecule has 2 heterocycles. The first-order valence-corrected chi connectivity index (χ1v) is 7.92. The highest BCUT2D eigenvalue weighted by Gasteiger charge is 2.36. The van der Waals surface area contributed by atoms with Crippen molar-refractivity contribution >= 4 is 5.91 Å². The van der Waals surface area contributed by atoms with Gasteiger partial charge in [-0.2, -0.15) is 0 Å². The van der Waals surface area contributed by atoms with Crippen LogP contribution in [0.15, 0.2) is 36.7 Å². The fourth-order valence-electron chi connectivity index (χ4n) is 3.08. The number of nitrogens with zero attached hydrogens (tertiary/aromatic N) is 4. The molecule has 0 aliphatic carbocycles. The number of methoxy groups -OCH3 is 1. The summed E-state index contributed by atoms with van der Waals surface area (Å²) in [4.78, 5) is 14.9. The minimum Gasteiger partial charge on any atom is -0.382 e.